The summed E-state index contributed by atoms with van der Waals surface area (Å²) >= 11 is 5.86. The molecule has 1 saturated carbocycles. The summed E-state index contributed by atoms with van der Waals surface area (Å²) in [6.45, 7) is 0.752. The number of nitrogens with one attached hydrogen (secondary N) is 2. The van der Waals surface area contributed by atoms with E-state index in [1.165, 1.54) is 18.2 Å². The highest BCUT2D eigenvalue weighted by Gasteiger charge is 2.35. The van der Waals surface area contributed by atoms with Gasteiger partial charge in [0.2, 0.25) is 5.91 Å². The summed E-state index contributed by atoms with van der Waals surface area (Å²) in [6.07, 6.45) is 1.95. The molecule has 2 aromatic rings. The van der Waals surface area contributed by atoms with Crippen molar-refractivity contribution in [2.45, 2.75) is 31.5 Å². The van der Waals surface area contributed by atoms with Crippen molar-refractivity contribution in [2.75, 3.05) is 6.54 Å². The minimum atomic E-state index is -0.660. The first-order valence-corrected chi connectivity index (χ1v) is 8.71. The Kier molecular flexibility index (Phi) is 4.16. The summed E-state index contributed by atoms with van der Waals surface area (Å²) in [7, 11) is 0. The number of amides is 2. The van der Waals surface area contributed by atoms with E-state index in [0.717, 1.165) is 12.8 Å². The first-order valence-electron chi connectivity index (χ1n) is 8.33. The van der Waals surface area contributed by atoms with Gasteiger partial charge in [-0.2, -0.15) is 5.10 Å². The Bertz CT molecular complexity index is 909. The third-order valence-electron chi connectivity index (χ3n) is 4.60. The van der Waals surface area contributed by atoms with Crippen LogP contribution >= 0.6 is 11.6 Å². The second kappa shape index (κ2) is 6.37. The van der Waals surface area contributed by atoms with E-state index in [0.29, 0.717) is 30.0 Å². The molecule has 1 fully saturated rings. The number of nitrogens with zero attached hydrogens (tertiary/aromatic N) is 2. The maximum absolute atomic E-state index is 13.5. The molecule has 1 atom stereocenters. The SMILES string of the molecule is NC(=O)c1c(-c2ccc(F)c(Cl)c2)nn2c1CNCC2C(=O)NC1CC1. The van der Waals surface area contributed by atoms with Gasteiger partial charge in [-0.1, -0.05) is 11.6 Å². The maximum atomic E-state index is 13.5. The molecule has 2 aliphatic rings. The van der Waals surface area contributed by atoms with Gasteiger partial charge in [0, 0.05) is 24.7 Å². The van der Waals surface area contributed by atoms with Crippen molar-refractivity contribution in [3.63, 3.8) is 0 Å². The first-order chi connectivity index (χ1) is 12.5. The maximum Gasteiger partial charge on any atom is 0.252 e. The lowest BCUT2D eigenvalue weighted by Gasteiger charge is -2.25. The van der Waals surface area contributed by atoms with Crippen LogP contribution in [0.2, 0.25) is 5.02 Å². The number of carbonyl (C=O) groups excluding carboxylic acids is 2. The summed E-state index contributed by atoms with van der Waals surface area (Å²) < 4.78 is 15.0. The molecule has 0 bridgehead atoms. The van der Waals surface area contributed by atoms with Crippen molar-refractivity contribution in [1.29, 1.82) is 0 Å². The van der Waals surface area contributed by atoms with Gasteiger partial charge in [0.1, 0.15) is 17.6 Å². The van der Waals surface area contributed by atoms with Crippen molar-refractivity contribution in [2.24, 2.45) is 5.73 Å². The molecule has 26 heavy (non-hydrogen) atoms. The number of fused-ring (bicyclic) bond motifs is 1. The van der Waals surface area contributed by atoms with Crippen molar-refractivity contribution < 1.29 is 14.0 Å². The molecule has 0 radical (unpaired) electrons. The van der Waals surface area contributed by atoms with Crippen molar-refractivity contribution in [3.05, 3.63) is 40.3 Å². The molecule has 2 heterocycles. The van der Waals surface area contributed by atoms with E-state index in [1.54, 1.807) is 4.68 Å². The van der Waals surface area contributed by atoms with Crippen LogP contribution in [0.5, 0.6) is 0 Å². The fraction of sp³-hybridized carbons (Fsp3) is 0.353. The second-order valence-electron chi connectivity index (χ2n) is 6.54. The van der Waals surface area contributed by atoms with Gasteiger partial charge in [-0.15, -0.1) is 0 Å². The number of halogens is 2. The Balaban J connectivity index is 1.80. The number of hydrogen-bond donors (Lipinski definition) is 3. The molecule has 136 valence electrons. The third-order valence-corrected chi connectivity index (χ3v) is 4.89. The first kappa shape index (κ1) is 17.0. The van der Waals surface area contributed by atoms with Crippen molar-refractivity contribution >= 4 is 23.4 Å². The molecule has 1 aromatic carbocycles. The Morgan fingerprint density at radius 3 is 2.81 bits per heavy atom. The lowest BCUT2D eigenvalue weighted by Crippen LogP contribution is -2.44. The highest BCUT2D eigenvalue weighted by Crippen LogP contribution is 2.31. The Morgan fingerprint density at radius 1 is 1.38 bits per heavy atom. The Morgan fingerprint density at radius 2 is 2.15 bits per heavy atom. The van der Waals surface area contributed by atoms with E-state index in [9.17, 15) is 14.0 Å². The molecular weight excluding hydrogens is 361 g/mol. The minimum absolute atomic E-state index is 0.0787. The van der Waals surface area contributed by atoms with Gasteiger partial charge in [-0.05, 0) is 31.0 Å². The lowest BCUT2D eigenvalue weighted by atomic mass is 10.0. The van der Waals surface area contributed by atoms with Crippen LogP contribution in [0.25, 0.3) is 11.3 Å². The van der Waals surface area contributed by atoms with E-state index in [1.807, 2.05) is 0 Å². The lowest BCUT2D eigenvalue weighted by molar-refractivity contribution is -0.125. The van der Waals surface area contributed by atoms with Crippen LogP contribution in [0.15, 0.2) is 18.2 Å². The van der Waals surface area contributed by atoms with Crippen LogP contribution in [-0.2, 0) is 11.3 Å². The Labute approximate surface area is 153 Å². The summed E-state index contributed by atoms with van der Waals surface area (Å²) in [5.41, 5.74) is 7.08. The average molecular weight is 378 g/mol. The van der Waals surface area contributed by atoms with Gasteiger partial charge >= 0.3 is 0 Å². The molecular formula is C17H17ClFN5O2. The number of aromatic nitrogens is 2. The smallest absolute Gasteiger partial charge is 0.252 e. The standard InChI is InChI=1S/C17H17ClFN5O2/c18-10-5-8(1-4-11(10)19)15-14(16(20)25)12-6-21-7-13(24(12)23-15)17(26)22-9-2-3-9/h1,4-5,9,13,21H,2-3,6-7H2,(H2,20,25)(H,22,26). The zero-order valence-electron chi connectivity index (χ0n) is 13.8. The van der Waals surface area contributed by atoms with E-state index >= 15 is 0 Å². The Hall–Kier alpha value is -2.45. The molecule has 9 heteroatoms. The number of rotatable bonds is 4. The summed E-state index contributed by atoms with van der Waals surface area (Å²) in [4.78, 5) is 24.6. The number of benzene rings is 1. The van der Waals surface area contributed by atoms with Crippen molar-refractivity contribution in [1.82, 2.24) is 20.4 Å². The van der Waals surface area contributed by atoms with Gasteiger partial charge < -0.3 is 16.4 Å². The zero-order chi connectivity index (χ0) is 18.4. The predicted molar refractivity (Wildman–Crippen MR) is 93.1 cm³/mol. The molecule has 2 amide bonds. The molecule has 4 rings (SSSR count). The van der Waals surface area contributed by atoms with Crippen LogP contribution in [0.4, 0.5) is 4.39 Å². The van der Waals surface area contributed by atoms with Crippen LogP contribution < -0.4 is 16.4 Å². The van der Waals surface area contributed by atoms with Crippen LogP contribution in [-0.4, -0.2) is 34.2 Å². The highest BCUT2D eigenvalue weighted by atomic mass is 35.5. The van der Waals surface area contributed by atoms with Gasteiger partial charge in [0.15, 0.2) is 0 Å². The second-order valence-corrected chi connectivity index (χ2v) is 6.94. The molecule has 0 spiro atoms. The molecule has 1 aromatic heterocycles. The fourth-order valence-electron chi connectivity index (χ4n) is 3.14. The summed E-state index contributed by atoms with van der Waals surface area (Å²) in [5, 5.41) is 10.5. The van der Waals surface area contributed by atoms with Crippen LogP contribution in [0.1, 0.15) is 34.9 Å². The summed E-state index contributed by atoms with van der Waals surface area (Å²) in [6, 6.07) is 3.71. The zero-order valence-corrected chi connectivity index (χ0v) is 14.5. The normalized spacial score (nSPS) is 19.1. The van der Waals surface area contributed by atoms with E-state index in [4.69, 9.17) is 17.3 Å². The molecule has 4 N–H and O–H groups in total. The van der Waals surface area contributed by atoms with Crippen LogP contribution in [0, 0.1) is 5.82 Å². The fourth-order valence-corrected chi connectivity index (χ4v) is 3.32. The van der Waals surface area contributed by atoms with E-state index < -0.39 is 17.8 Å². The number of primary amides is 1. The van der Waals surface area contributed by atoms with Gasteiger partial charge in [-0.3, -0.25) is 14.3 Å². The predicted octanol–water partition coefficient (Wildman–Crippen LogP) is 1.36. The number of nitrogens with two attached hydrogens (primary N) is 1. The molecule has 0 saturated heterocycles. The summed E-state index contributed by atoms with van der Waals surface area (Å²) in [5.74, 6) is -1.38. The monoisotopic (exact) mass is 377 g/mol. The quantitative estimate of drug-likeness (QED) is 0.748. The average Bonchev–Trinajstić information content (AvgIpc) is 3.32. The van der Waals surface area contributed by atoms with Gasteiger partial charge in [0.25, 0.3) is 5.91 Å². The molecule has 1 unspecified atom stereocenters. The highest BCUT2D eigenvalue weighted by molar-refractivity contribution is 6.31. The number of carbonyl (C=O) groups is 2. The van der Waals surface area contributed by atoms with E-state index in [2.05, 4.69) is 15.7 Å². The molecule has 1 aliphatic heterocycles. The minimum Gasteiger partial charge on any atom is -0.365 e. The number of hydrogen-bond acceptors (Lipinski definition) is 4. The molecule has 1 aliphatic carbocycles. The van der Waals surface area contributed by atoms with Crippen LogP contribution in [0.3, 0.4) is 0 Å². The van der Waals surface area contributed by atoms with Gasteiger partial charge in [-0.25, -0.2) is 4.39 Å². The molecule has 7 nitrogen and oxygen atoms in total. The van der Waals surface area contributed by atoms with Crippen molar-refractivity contribution in [3.8, 4) is 11.3 Å². The van der Waals surface area contributed by atoms with Gasteiger partial charge in [0.05, 0.1) is 16.3 Å². The van der Waals surface area contributed by atoms with E-state index in [-0.39, 0.29) is 22.5 Å². The topological polar surface area (TPSA) is 102 Å². The largest absolute Gasteiger partial charge is 0.365 e. The third kappa shape index (κ3) is 2.95.